The lowest BCUT2D eigenvalue weighted by Gasteiger charge is -2.15. The van der Waals surface area contributed by atoms with Crippen LogP contribution in [0.1, 0.15) is 28.4 Å². The second-order valence-electron chi connectivity index (χ2n) is 5.28. The van der Waals surface area contributed by atoms with Crippen molar-refractivity contribution in [2.45, 2.75) is 26.3 Å². The summed E-state index contributed by atoms with van der Waals surface area (Å²) < 4.78 is 12.9. The van der Waals surface area contributed by atoms with E-state index in [0.717, 1.165) is 11.1 Å². The zero-order valence-corrected chi connectivity index (χ0v) is 12.2. The van der Waals surface area contributed by atoms with Gasteiger partial charge >= 0.3 is 0 Å². The Morgan fingerprint density at radius 1 is 1.24 bits per heavy atom. The number of anilines is 1. The van der Waals surface area contributed by atoms with E-state index in [-0.39, 0.29) is 17.8 Å². The molecule has 21 heavy (non-hydrogen) atoms. The second-order valence-corrected chi connectivity index (χ2v) is 5.28. The molecule has 1 unspecified atom stereocenters. The average Bonchev–Trinajstić information content (AvgIpc) is 2.41. The van der Waals surface area contributed by atoms with E-state index in [1.54, 1.807) is 30.3 Å². The highest BCUT2D eigenvalue weighted by Gasteiger charge is 2.12. The Morgan fingerprint density at radius 3 is 2.52 bits per heavy atom. The number of benzene rings is 2. The molecule has 0 spiro atoms. The molecular formula is C17H19FN2O. The van der Waals surface area contributed by atoms with Gasteiger partial charge in [-0.25, -0.2) is 4.39 Å². The minimum atomic E-state index is -0.257. The van der Waals surface area contributed by atoms with Gasteiger partial charge in [0, 0.05) is 17.3 Å². The van der Waals surface area contributed by atoms with Crippen LogP contribution in [0.2, 0.25) is 0 Å². The number of carbonyl (C=O) groups excluding carboxylic acids is 1. The first-order valence-electron chi connectivity index (χ1n) is 6.87. The lowest BCUT2D eigenvalue weighted by Crippen LogP contribution is -2.34. The van der Waals surface area contributed by atoms with Crippen molar-refractivity contribution in [3.63, 3.8) is 0 Å². The van der Waals surface area contributed by atoms with Crippen LogP contribution in [0, 0.1) is 12.7 Å². The zero-order chi connectivity index (χ0) is 15.4. The second kappa shape index (κ2) is 6.39. The number of nitrogens with two attached hydrogens (primary N) is 1. The summed E-state index contributed by atoms with van der Waals surface area (Å²) in [6.45, 7) is 3.78. The van der Waals surface area contributed by atoms with Crippen LogP contribution >= 0.6 is 0 Å². The third-order valence-electron chi connectivity index (χ3n) is 3.33. The van der Waals surface area contributed by atoms with Crippen molar-refractivity contribution in [3.8, 4) is 0 Å². The number of hydrogen-bond acceptors (Lipinski definition) is 2. The van der Waals surface area contributed by atoms with E-state index in [2.05, 4.69) is 5.32 Å². The lowest BCUT2D eigenvalue weighted by molar-refractivity contribution is 0.0939. The molecule has 2 rings (SSSR count). The quantitative estimate of drug-likeness (QED) is 0.849. The standard InChI is InChI=1S/C17H19FN2O/c1-11-9-15(19)7-8-16(11)17(21)20-12(2)10-13-3-5-14(18)6-4-13/h3-9,12H,10,19H2,1-2H3,(H,20,21). The summed E-state index contributed by atoms with van der Waals surface area (Å²) in [5.74, 6) is -0.380. The van der Waals surface area contributed by atoms with Crippen molar-refractivity contribution in [1.82, 2.24) is 5.32 Å². The third kappa shape index (κ3) is 4.05. The summed E-state index contributed by atoms with van der Waals surface area (Å²) >= 11 is 0. The summed E-state index contributed by atoms with van der Waals surface area (Å²) in [5.41, 5.74) is 8.78. The summed E-state index contributed by atoms with van der Waals surface area (Å²) in [7, 11) is 0. The maximum Gasteiger partial charge on any atom is 0.251 e. The van der Waals surface area contributed by atoms with Crippen LogP contribution in [0.15, 0.2) is 42.5 Å². The van der Waals surface area contributed by atoms with E-state index < -0.39 is 0 Å². The van der Waals surface area contributed by atoms with Gasteiger partial charge in [-0.1, -0.05) is 12.1 Å². The number of aryl methyl sites for hydroxylation is 1. The van der Waals surface area contributed by atoms with Crippen molar-refractivity contribution in [2.75, 3.05) is 5.73 Å². The third-order valence-corrected chi connectivity index (χ3v) is 3.33. The highest BCUT2D eigenvalue weighted by molar-refractivity contribution is 5.96. The Kier molecular flexibility index (Phi) is 4.58. The van der Waals surface area contributed by atoms with Gasteiger partial charge in [-0.2, -0.15) is 0 Å². The van der Waals surface area contributed by atoms with Crippen LogP contribution in [0.4, 0.5) is 10.1 Å². The lowest BCUT2D eigenvalue weighted by atomic mass is 10.0. The van der Waals surface area contributed by atoms with E-state index in [4.69, 9.17) is 5.73 Å². The van der Waals surface area contributed by atoms with Gasteiger partial charge in [-0.05, 0) is 61.7 Å². The van der Waals surface area contributed by atoms with Gasteiger partial charge in [0.1, 0.15) is 5.82 Å². The number of rotatable bonds is 4. The molecule has 0 aromatic heterocycles. The fourth-order valence-electron chi connectivity index (χ4n) is 2.27. The van der Waals surface area contributed by atoms with E-state index in [1.807, 2.05) is 13.8 Å². The Balaban J connectivity index is 2.00. The molecule has 2 aromatic carbocycles. The molecule has 110 valence electrons. The summed E-state index contributed by atoms with van der Waals surface area (Å²) in [4.78, 5) is 12.2. The Hall–Kier alpha value is -2.36. The molecule has 1 atom stereocenters. The van der Waals surface area contributed by atoms with Crippen molar-refractivity contribution in [1.29, 1.82) is 0 Å². The first-order chi connectivity index (χ1) is 9.95. The van der Waals surface area contributed by atoms with Gasteiger partial charge in [0.15, 0.2) is 0 Å². The maximum atomic E-state index is 12.9. The van der Waals surface area contributed by atoms with E-state index >= 15 is 0 Å². The molecule has 1 amide bonds. The SMILES string of the molecule is Cc1cc(N)ccc1C(=O)NC(C)Cc1ccc(F)cc1. The summed E-state index contributed by atoms with van der Waals surface area (Å²) in [6, 6.07) is 11.5. The predicted molar refractivity (Wildman–Crippen MR) is 82.6 cm³/mol. The van der Waals surface area contributed by atoms with Crippen LogP contribution in [-0.2, 0) is 6.42 Å². The van der Waals surface area contributed by atoms with Gasteiger partial charge in [-0.15, -0.1) is 0 Å². The average molecular weight is 286 g/mol. The van der Waals surface area contributed by atoms with E-state index in [9.17, 15) is 9.18 Å². The number of amides is 1. The van der Waals surface area contributed by atoms with Gasteiger partial charge in [0.2, 0.25) is 0 Å². The molecule has 0 radical (unpaired) electrons. The predicted octanol–water partition coefficient (Wildman–Crippen LogP) is 3.08. The number of halogens is 1. The maximum absolute atomic E-state index is 12.9. The van der Waals surface area contributed by atoms with Crippen LogP contribution in [0.3, 0.4) is 0 Å². The van der Waals surface area contributed by atoms with Crippen LogP contribution in [-0.4, -0.2) is 11.9 Å². The normalized spacial score (nSPS) is 12.0. The molecule has 0 saturated heterocycles. The van der Waals surface area contributed by atoms with Gasteiger partial charge in [-0.3, -0.25) is 4.79 Å². The van der Waals surface area contributed by atoms with Gasteiger partial charge in [0.05, 0.1) is 0 Å². The van der Waals surface area contributed by atoms with Crippen LogP contribution in [0.25, 0.3) is 0 Å². The molecule has 0 aliphatic heterocycles. The van der Waals surface area contributed by atoms with Crippen molar-refractivity contribution < 1.29 is 9.18 Å². The van der Waals surface area contributed by atoms with Crippen molar-refractivity contribution in [2.24, 2.45) is 0 Å². The number of hydrogen-bond donors (Lipinski definition) is 2. The zero-order valence-electron chi connectivity index (χ0n) is 12.2. The fourth-order valence-corrected chi connectivity index (χ4v) is 2.27. The molecule has 0 bridgehead atoms. The molecule has 3 N–H and O–H groups in total. The topological polar surface area (TPSA) is 55.1 Å². The molecule has 0 fully saturated rings. The molecule has 2 aromatic rings. The molecule has 0 aliphatic carbocycles. The highest BCUT2D eigenvalue weighted by Crippen LogP contribution is 2.13. The molecule has 0 saturated carbocycles. The smallest absolute Gasteiger partial charge is 0.251 e. The molecule has 0 aliphatic rings. The van der Waals surface area contributed by atoms with Crippen LogP contribution < -0.4 is 11.1 Å². The number of carbonyl (C=O) groups is 1. The van der Waals surface area contributed by atoms with Gasteiger partial charge in [0.25, 0.3) is 5.91 Å². The Morgan fingerprint density at radius 2 is 1.90 bits per heavy atom. The number of nitrogens with one attached hydrogen (secondary N) is 1. The first-order valence-corrected chi connectivity index (χ1v) is 6.87. The minimum Gasteiger partial charge on any atom is -0.399 e. The highest BCUT2D eigenvalue weighted by atomic mass is 19.1. The molecule has 0 heterocycles. The Labute approximate surface area is 124 Å². The van der Waals surface area contributed by atoms with E-state index in [1.165, 1.54) is 12.1 Å². The van der Waals surface area contributed by atoms with Crippen LogP contribution in [0.5, 0.6) is 0 Å². The largest absolute Gasteiger partial charge is 0.399 e. The van der Waals surface area contributed by atoms with E-state index in [0.29, 0.717) is 17.7 Å². The minimum absolute atomic E-state index is 0.0417. The summed E-state index contributed by atoms with van der Waals surface area (Å²) in [6.07, 6.45) is 0.653. The van der Waals surface area contributed by atoms with Gasteiger partial charge < -0.3 is 11.1 Å². The molecule has 3 nitrogen and oxygen atoms in total. The summed E-state index contributed by atoms with van der Waals surface area (Å²) in [5, 5.41) is 2.95. The fraction of sp³-hybridized carbons (Fsp3) is 0.235. The van der Waals surface area contributed by atoms with Crippen molar-refractivity contribution in [3.05, 3.63) is 65.0 Å². The first kappa shape index (κ1) is 15.0. The molecular weight excluding hydrogens is 267 g/mol. The van der Waals surface area contributed by atoms with Crippen molar-refractivity contribution >= 4 is 11.6 Å². The number of nitrogen functional groups attached to an aromatic ring is 1. The molecule has 4 heteroatoms. The monoisotopic (exact) mass is 286 g/mol. The Bertz CT molecular complexity index is 638.